The number of ether oxygens (including phenoxy) is 2. The summed E-state index contributed by atoms with van der Waals surface area (Å²) >= 11 is 6.16. The van der Waals surface area contributed by atoms with Crippen LogP contribution in [0.1, 0.15) is 30.9 Å². The number of benzene rings is 3. The molecule has 1 aliphatic heterocycles. The number of unbranched alkanes of at least 4 members (excludes halogenated alkanes) is 1. The van der Waals surface area contributed by atoms with Gasteiger partial charge in [0.05, 0.1) is 12.3 Å². The molecule has 9 heteroatoms. The fraction of sp³-hybridized carbons (Fsp3) is 0.179. The number of amides is 4. The molecule has 1 fully saturated rings. The van der Waals surface area contributed by atoms with Crippen LogP contribution in [0.4, 0.5) is 14.9 Å². The van der Waals surface area contributed by atoms with Crippen LogP contribution in [0.3, 0.4) is 0 Å². The van der Waals surface area contributed by atoms with Gasteiger partial charge in [0.25, 0.3) is 11.8 Å². The van der Waals surface area contributed by atoms with Crippen LogP contribution in [-0.4, -0.2) is 24.5 Å². The molecule has 0 spiro atoms. The van der Waals surface area contributed by atoms with Gasteiger partial charge in [0.2, 0.25) is 0 Å². The monoisotopic (exact) mass is 522 g/mol. The molecule has 3 aromatic rings. The average Bonchev–Trinajstić information content (AvgIpc) is 2.87. The SMILES string of the molecule is CCCCOc1ccc(N2C(=O)NC(=O)/C(=C/c3cc(Cl)ccc3OCc3cccc(F)c3)C2=O)cc1. The molecule has 0 bridgehead atoms. The van der Waals surface area contributed by atoms with Crippen LogP contribution in [0.25, 0.3) is 6.08 Å². The Morgan fingerprint density at radius 1 is 1.00 bits per heavy atom. The minimum atomic E-state index is -0.861. The van der Waals surface area contributed by atoms with Crippen LogP contribution in [-0.2, 0) is 16.2 Å². The smallest absolute Gasteiger partial charge is 0.335 e. The minimum absolute atomic E-state index is 0.0486. The molecule has 0 aromatic heterocycles. The molecule has 190 valence electrons. The van der Waals surface area contributed by atoms with Gasteiger partial charge in [-0.2, -0.15) is 0 Å². The van der Waals surface area contributed by atoms with Crippen molar-refractivity contribution in [1.29, 1.82) is 0 Å². The average molecular weight is 523 g/mol. The first-order chi connectivity index (χ1) is 17.9. The standard InChI is InChI=1S/C28H24ClFN2O5/c1-2-3-13-36-23-10-8-22(9-11-23)32-27(34)24(26(33)31-28(32)35)16-19-15-20(29)7-12-25(19)37-17-18-5-4-6-21(30)14-18/h4-12,14-16H,2-3,13,17H2,1H3,(H,31,33,35)/b24-16-. The van der Waals surface area contributed by atoms with E-state index in [1.54, 1.807) is 48.5 Å². The van der Waals surface area contributed by atoms with Gasteiger partial charge in [-0.25, -0.2) is 14.1 Å². The number of hydrogen-bond acceptors (Lipinski definition) is 5. The van der Waals surface area contributed by atoms with Crippen molar-refractivity contribution in [2.24, 2.45) is 0 Å². The first-order valence-corrected chi connectivity index (χ1v) is 12.0. The molecule has 1 N–H and O–H groups in total. The zero-order valence-corrected chi connectivity index (χ0v) is 20.8. The van der Waals surface area contributed by atoms with Crippen molar-refractivity contribution in [3.63, 3.8) is 0 Å². The molecular formula is C28H24ClFN2O5. The normalized spacial score (nSPS) is 14.6. The van der Waals surface area contributed by atoms with Gasteiger partial charge >= 0.3 is 6.03 Å². The molecule has 0 aliphatic carbocycles. The van der Waals surface area contributed by atoms with E-state index in [2.05, 4.69) is 12.2 Å². The minimum Gasteiger partial charge on any atom is -0.494 e. The van der Waals surface area contributed by atoms with Crippen LogP contribution < -0.4 is 19.7 Å². The van der Waals surface area contributed by atoms with Gasteiger partial charge in [-0.3, -0.25) is 14.9 Å². The topological polar surface area (TPSA) is 84.9 Å². The quantitative estimate of drug-likeness (QED) is 0.215. The molecule has 0 unspecified atom stereocenters. The van der Waals surface area contributed by atoms with Crippen molar-refractivity contribution in [1.82, 2.24) is 5.32 Å². The number of nitrogens with one attached hydrogen (secondary N) is 1. The highest BCUT2D eigenvalue weighted by atomic mass is 35.5. The maximum absolute atomic E-state index is 13.5. The fourth-order valence-electron chi connectivity index (χ4n) is 3.62. The summed E-state index contributed by atoms with van der Waals surface area (Å²) < 4.78 is 25.0. The second-order valence-electron chi connectivity index (χ2n) is 8.25. The zero-order valence-electron chi connectivity index (χ0n) is 20.0. The van der Waals surface area contributed by atoms with Gasteiger partial charge in [-0.15, -0.1) is 0 Å². The summed E-state index contributed by atoms with van der Waals surface area (Å²) in [6, 6.07) is 16.2. The Hall–Kier alpha value is -4.17. The predicted molar refractivity (Wildman–Crippen MR) is 138 cm³/mol. The van der Waals surface area contributed by atoms with Gasteiger partial charge in [-0.1, -0.05) is 37.1 Å². The number of rotatable bonds is 9. The number of carbonyl (C=O) groups excluding carboxylic acids is 3. The van der Waals surface area contributed by atoms with Crippen LogP contribution in [0, 0.1) is 5.82 Å². The second-order valence-corrected chi connectivity index (χ2v) is 8.69. The molecular weight excluding hydrogens is 499 g/mol. The van der Waals surface area contributed by atoms with E-state index in [9.17, 15) is 18.8 Å². The summed E-state index contributed by atoms with van der Waals surface area (Å²) in [6.45, 7) is 2.67. The number of imide groups is 2. The van der Waals surface area contributed by atoms with Crippen LogP contribution in [0.15, 0.2) is 72.3 Å². The number of anilines is 1. The highest BCUT2D eigenvalue weighted by Gasteiger charge is 2.37. The maximum atomic E-state index is 13.5. The molecule has 3 aromatic carbocycles. The number of halogens is 2. The first-order valence-electron chi connectivity index (χ1n) is 11.7. The van der Waals surface area contributed by atoms with E-state index in [-0.39, 0.29) is 17.9 Å². The maximum Gasteiger partial charge on any atom is 0.335 e. The van der Waals surface area contributed by atoms with Crippen molar-refractivity contribution >= 4 is 41.2 Å². The summed E-state index contributed by atoms with van der Waals surface area (Å²) in [6.07, 6.45) is 3.21. The van der Waals surface area contributed by atoms with E-state index in [4.69, 9.17) is 21.1 Å². The number of urea groups is 1. The summed E-state index contributed by atoms with van der Waals surface area (Å²) in [4.78, 5) is 39.3. The lowest BCUT2D eigenvalue weighted by Crippen LogP contribution is -2.54. The van der Waals surface area contributed by atoms with Gasteiger partial charge in [0.1, 0.15) is 29.5 Å². The largest absolute Gasteiger partial charge is 0.494 e. The third-order valence-corrected chi connectivity index (χ3v) is 5.75. The molecule has 4 amide bonds. The second kappa shape index (κ2) is 11.7. The summed E-state index contributed by atoms with van der Waals surface area (Å²) in [5, 5.41) is 2.54. The first kappa shape index (κ1) is 25.9. The lowest BCUT2D eigenvalue weighted by atomic mass is 10.1. The van der Waals surface area contributed by atoms with E-state index in [0.29, 0.717) is 34.3 Å². The highest BCUT2D eigenvalue weighted by Crippen LogP contribution is 2.29. The Balaban J connectivity index is 1.59. The Morgan fingerprint density at radius 2 is 1.78 bits per heavy atom. The van der Waals surface area contributed by atoms with Crippen molar-refractivity contribution in [3.8, 4) is 11.5 Å². The van der Waals surface area contributed by atoms with Crippen LogP contribution >= 0.6 is 11.6 Å². The molecule has 4 rings (SSSR count). The fourth-order valence-corrected chi connectivity index (χ4v) is 3.81. The van der Waals surface area contributed by atoms with Crippen LogP contribution in [0.5, 0.6) is 11.5 Å². The van der Waals surface area contributed by atoms with E-state index in [1.165, 1.54) is 24.3 Å². The number of carbonyl (C=O) groups is 3. The van der Waals surface area contributed by atoms with Gasteiger partial charge in [0, 0.05) is 10.6 Å². The molecule has 1 aliphatic rings. The molecule has 0 radical (unpaired) electrons. The number of barbiturate groups is 1. The number of nitrogens with zero attached hydrogens (tertiary/aromatic N) is 1. The van der Waals surface area contributed by atoms with Crippen LogP contribution in [0.2, 0.25) is 5.02 Å². The van der Waals surface area contributed by atoms with E-state index in [0.717, 1.165) is 17.7 Å². The molecule has 1 saturated heterocycles. The zero-order chi connectivity index (χ0) is 26.4. The lowest BCUT2D eigenvalue weighted by molar-refractivity contribution is -0.122. The Bertz CT molecular complexity index is 1360. The van der Waals surface area contributed by atoms with Crippen molar-refractivity contribution in [2.45, 2.75) is 26.4 Å². The van der Waals surface area contributed by atoms with Gasteiger partial charge in [0.15, 0.2) is 0 Å². The molecule has 37 heavy (non-hydrogen) atoms. The Kier molecular flexibility index (Phi) is 8.20. The van der Waals surface area contributed by atoms with E-state index < -0.39 is 23.7 Å². The third kappa shape index (κ3) is 6.34. The third-order valence-electron chi connectivity index (χ3n) is 5.52. The Morgan fingerprint density at radius 3 is 2.51 bits per heavy atom. The van der Waals surface area contributed by atoms with Crippen molar-refractivity contribution in [3.05, 3.63) is 94.3 Å². The molecule has 7 nitrogen and oxygen atoms in total. The predicted octanol–water partition coefficient (Wildman–Crippen LogP) is 5.90. The summed E-state index contributed by atoms with van der Waals surface area (Å²) in [5.74, 6) is -1.12. The Labute approximate surface area is 218 Å². The molecule has 0 saturated carbocycles. The molecule has 0 atom stereocenters. The summed E-state index contributed by atoms with van der Waals surface area (Å²) in [5.41, 5.74) is 0.938. The number of hydrogen-bond donors (Lipinski definition) is 1. The van der Waals surface area contributed by atoms with Crippen molar-refractivity contribution in [2.75, 3.05) is 11.5 Å². The highest BCUT2D eigenvalue weighted by molar-refractivity contribution is 6.39. The lowest BCUT2D eigenvalue weighted by Gasteiger charge is -2.26. The van der Waals surface area contributed by atoms with E-state index in [1.807, 2.05) is 0 Å². The van der Waals surface area contributed by atoms with Crippen molar-refractivity contribution < 1.29 is 28.2 Å². The van der Waals surface area contributed by atoms with E-state index >= 15 is 0 Å². The molecule has 1 heterocycles. The summed E-state index contributed by atoms with van der Waals surface area (Å²) in [7, 11) is 0. The van der Waals surface area contributed by atoms with Gasteiger partial charge in [-0.05, 0) is 72.7 Å². The van der Waals surface area contributed by atoms with Gasteiger partial charge < -0.3 is 9.47 Å².